The lowest BCUT2D eigenvalue weighted by Crippen LogP contribution is -1.95. The Morgan fingerprint density at radius 3 is 1.63 bits per heavy atom. The number of ether oxygens (including phenoxy) is 1. The maximum Gasteiger partial charge on any atom is 0.335 e. The molecule has 2 aromatic carbocycles. The molecular formula is C20H27BO5P. The summed E-state index contributed by atoms with van der Waals surface area (Å²) < 4.78 is 10.4. The maximum absolute atomic E-state index is 11.0. The number of aromatic carboxylic acids is 1. The fourth-order valence-electron chi connectivity index (χ4n) is 1.61. The van der Waals surface area contributed by atoms with Crippen LogP contribution in [0.2, 0.25) is 0 Å². The second-order valence-corrected chi connectivity index (χ2v) is 4.74. The third kappa shape index (κ3) is 15.5. The molecule has 0 spiro atoms. The molecular weight excluding hydrogens is 362 g/mol. The fraction of sp³-hybridized carbons (Fsp3) is 0.250. The number of carbonyl (C=O) groups is 3. The minimum atomic E-state index is -0.879. The van der Waals surface area contributed by atoms with Crippen LogP contribution >= 0.6 is 9.12 Å². The van der Waals surface area contributed by atoms with Gasteiger partial charge >= 0.3 is 11.9 Å². The van der Waals surface area contributed by atoms with Crippen molar-refractivity contribution < 1.29 is 24.2 Å². The summed E-state index contributed by atoms with van der Waals surface area (Å²) in [6, 6.07) is 17.6. The third-order valence-corrected chi connectivity index (χ3v) is 2.79. The molecule has 1 atom stereocenters. The summed E-state index contributed by atoms with van der Waals surface area (Å²) in [5.74, 6) is -0.881. The molecule has 0 saturated carbocycles. The van der Waals surface area contributed by atoms with Crippen molar-refractivity contribution >= 4 is 34.4 Å². The first-order chi connectivity index (χ1) is 13.3. The van der Waals surface area contributed by atoms with E-state index in [1.165, 1.54) is 14.5 Å². The molecule has 27 heavy (non-hydrogen) atoms. The molecule has 1 unspecified atom stereocenters. The number of carboxylic acids is 1. The van der Waals surface area contributed by atoms with Crippen LogP contribution in [0.5, 0.6) is 0 Å². The number of hydrogen-bond donors (Lipinski definition) is 1. The van der Waals surface area contributed by atoms with Crippen molar-refractivity contribution in [1.29, 1.82) is 1.34 Å². The number of Topliss-reactive ketones (excluding diaryl/α,β-unsaturated/α-hetero) is 1. The van der Waals surface area contributed by atoms with E-state index in [4.69, 9.17) is 6.44 Å². The average molecular weight is 391 g/mol. The summed E-state index contributed by atoms with van der Waals surface area (Å²) in [6.07, 6.45) is 0.587. The van der Waals surface area contributed by atoms with Gasteiger partial charge in [0, 0.05) is 18.9 Å². The second-order valence-electron chi connectivity index (χ2n) is 4.74. The number of benzene rings is 2. The van der Waals surface area contributed by atoms with Crippen LogP contribution in [-0.2, 0) is 9.53 Å². The lowest BCUT2D eigenvalue weighted by Gasteiger charge is -1.93. The Hall–Kier alpha value is -2.46. The Morgan fingerprint density at radius 2 is 1.41 bits per heavy atom. The van der Waals surface area contributed by atoms with Gasteiger partial charge in [-0.25, -0.2) is 4.79 Å². The fourth-order valence-corrected chi connectivity index (χ4v) is 1.61. The second kappa shape index (κ2) is 18.3. The Bertz CT molecular complexity index is 669. The van der Waals surface area contributed by atoms with Gasteiger partial charge in [-0.1, -0.05) is 55.5 Å². The standard InChI is InChI=1S/C9H10O.C7H6O2.C4H8O2.BH3P/c1-2-9(10)8-6-4-3-5-7-8;8-7(9)6-4-2-1-3-5-6;1-3-6-4(2)5;1-2/h3-7H,2H2,1H3;1-5H,(H,8,9);3H2,1-2H3;1H,2H2/i;;;1T. The molecule has 0 aliphatic rings. The van der Waals surface area contributed by atoms with E-state index in [0.29, 0.717) is 18.6 Å². The molecule has 0 fully saturated rings. The average Bonchev–Trinajstić information content (AvgIpc) is 2.70. The monoisotopic (exact) mass is 391 g/mol. The first-order valence-corrected chi connectivity index (χ1v) is 8.92. The molecule has 7 heteroatoms. The highest BCUT2D eigenvalue weighted by molar-refractivity contribution is 7.49. The van der Waals surface area contributed by atoms with Crippen LogP contribution in [0.1, 0.15) is 47.9 Å². The highest BCUT2D eigenvalue weighted by atomic mass is 31.0. The molecule has 0 bridgehead atoms. The largest absolute Gasteiger partial charge is 0.478 e. The minimum absolute atomic E-state index is 0.209. The third-order valence-electron chi connectivity index (χ3n) is 2.79. The van der Waals surface area contributed by atoms with E-state index in [1.807, 2.05) is 37.3 Å². The molecule has 0 heterocycles. The molecule has 0 saturated heterocycles. The summed E-state index contributed by atoms with van der Waals surface area (Å²) in [5.41, 5.74) is 1.14. The van der Waals surface area contributed by atoms with Gasteiger partial charge in [0.25, 0.3) is 0 Å². The highest BCUT2D eigenvalue weighted by Gasteiger charge is 1.98. The molecule has 2 aromatic rings. The molecule has 0 amide bonds. The van der Waals surface area contributed by atoms with Gasteiger partial charge in [0.2, 0.25) is 0 Å². The molecule has 0 aliphatic heterocycles. The number of hydrogen-bond acceptors (Lipinski definition) is 4. The Labute approximate surface area is 166 Å². The number of rotatable bonds is 4. The number of ketones is 1. The van der Waals surface area contributed by atoms with Gasteiger partial charge in [0.1, 0.15) is 7.53 Å². The minimum Gasteiger partial charge on any atom is -0.478 e. The SMILES string of the molecule is CCC(=O)c1ccccc1.CCOC(C)=O.O=C(O)c1ccccc1.[3H][B]P. The normalized spacial score (nSPS) is 8.67. The van der Waals surface area contributed by atoms with Crippen LogP contribution in [0.25, 0.3) is 0 Å². The van der Waals surface area contributed by atoms with E-state index in [0.717, 1.165) is 5.56 Å². The van der Waals surface area contributed by atoms with Crippen molar-refractivity contribution in [3.8, 4) is 0 Å². The van der Waals surface area contributed by atoms with Crippen LogP contribution in [-0.4, -0.2) is 38.3 Å². The van der Waals surface area contributed by atoms with E-state index >= 15 is 0 Å². The summed E-state index contributed by atoms with van der Waals surface area (Å²) in [4.78, 5) is 31.0. The topological polar surface area (TPSA) is 80.7 Å². The lowest BCUT2D eigenvalue weighted by molar-refractivity contribution is -0.140. The zero-order valence-corrected chi connectivity index (χ0v) is 17.1. The molecule has 2 rings (SSSR count). The zero-order valence-electron chi connectivity index (χ0n) is 16.9. The molecule has 1 radical (unpaired) electrons. The number of carboxylic acid groups (broad SMARTS) is 1. The molecule has 1 N–H and O–H groups in total. The molecule has 0 aromatic heterocycles. The van der Waals surface area contributed by atoms with Crippen LogP contribution in [0, 0.1) is 0 Å². The van der Waals surface area contributed by atoms with Crippen LogP contribution < -0.4 is 0 Å². The van der Waals surface area contributed by atoms with E-state index in [-0.39, 0.29) is 11.8 Å². The first-order valence-electron chi connectivity index (χ1n) is 8.83. The maximum atomic E-state index is 11.0. The van der Waals surface area contributed by atoms with Gasteiger partial charge in [-0.15, -0.1) is 0 Å². The van der Waals surface area contributed by atoms with E-state index in [9.17, 15) is 14.4 Å². The van der Waals surface area contributed by atoms with Gasteiger partial charge in [0.15, 0.2) is 5.78 Å². The van der Waals surface area contributed by atoms with Gasteiger partial charge in [-0.2, -0.15) is 9.12 Å². The molecule has 145 valence electrons. The Morgan fingerprint density at radius 1 is 1.00 bits per heavy atom. The zero-order chi connectivity index (χ0) is 21.8. The predicted octanol–water partition coefficient (Wildman–Crippen LogP) is 3.91. The van der Waals surface area contributed by atoms with Crippen molar-refractivity contribution in [3.63, 3.8) is 0 Å². The number of carbonyl (C=O) groups excluding carboxylic acids is 2. The van der Waals surface area contributed by atoms with Crippen molar-refractivity contribution in [3.05, 3.63) is 71.8 Å². The smallest absolute Gasteiger partial charge is 0.335 e. The van der Waals surface area contributed by atoms with Crippen LogP contribution in [0.4, 0.5) is 0 Å². The van der Waals surface area contributed by atoms with Crippen molar-refractivity contribution in [2.24, 2.45) is 0 Å². The van der Waals surface area contributed by atoms with Crippen molar-refractivity contribution in [2.75, 3.05) is 6.61 Å². The summed E-state index contributed by atoms with van der Waals surface area (Å²) in [7, 11) is 3.29. The number of esters is 1. The van der Waals surface area contributed by atoms with Gasteiger partial charge in [0.05, 0.1) is 12.2 Å². The van der Waals surface area contributed by atoms with Gasteiger partial charge < -0.3 is 9.84 Å². The summed E-state index contributed by atoms with van der Waals surface area (Å²) in [6.45, 7) is 5.52. The van der Waals surface area contributed by atoms with Crippen LogP contribution in [0.15, 0.2) is 60.7 Å². The highest BCUT2D eigenvalue weighted by Crippen LogP contribution is 2.01. The Balaban J connectivity index is 0. The summed E-state index contributed by atoms with van der Waals surface area (Å²) in [5, 5.41) is 8.38. The molecule has 0 aliphatic carbocycles. The first kappa shape index (κ1) is 24.5. The van der Waals surface area contributed by atoms with Crippen molar-refractivity contribution in [1.82, 2.24) is 0 Å². The van der Waals surface area contributed by atoms with Crippen LogP contribution in [0.3, 0.4) is 0 Å². The van der Waals surface area contributed by atoms with Gasteiger partial charge in [-0.05, 0) is 20.4 Å². The molecule has 5 nitrogen and oxygen atoms in total. The lowest BCUT2D eigenvalue weighted by atomic mass is 10.1. The van der Waals surface area contributed by atoms with E-state index in [1.54, 1.807) is 37.3 Å². The Kier molecular flexibility index (Phi) is 16.7. The summed E-state index contributed by atoms with van der Waals surface area (Å²) >= 11 is 0. The predicted molar refractivity (Wildman–Crippen MR) is 114 cm³/mol. The van der Waals surface area contributed by atoms with Crippen molar-refractivity contribution in [2.45, 2.75) is 27.2 Å². The van der Waals surface area contributed by atoms with E-state index < -0.39 is 5.97 Å². The van der Waals surface area contributed by atoms with Gasteiger partial charge in [-0.3, -0.25) is 9.59 Å². The van der Waals surface area contributed by atoms with E-state index in [2.05, 4.69) is 13.9 Å². The quantitative estimate of drug-likeness (QED) is 0.370.